The highest BCUT2D eigenvalue weighted by molar-refractivity contribution is 5.85. The molecule has 2 N–H and O–H groups in total. The van der Waals surface area contributed by atoms with E-state index in [1.165, 1.54) is 6.07 Å². The molecule has 0 saturated carbocycles. The molecular weight excluding hydrogens is 215 g/mol. The first-order valence-electron chi connectivity index (χ1n) is 3.80. The van der Waals surface area contributed by atoms with Crippen LogP contribution in [0.3, 0.4) is 0 Å². The highest BCUT2D eigenvalue weighted by atomic mass is 35.5. The topological polar surface area (TPSA) is 26.0 Å². The van der Waals surface area contributed by atoms with Gasteiger partial charge in [0.2, 0.25) is 0 Å². The van der Waals surface area contributed by atoms with Gasteiger partial charge in [0.1, 0.15) is 6.04 Å². The lowest BCUT2D eigenvalue weighted by atomic mass is 10.0. The first-order chi connectivity index (χ1) is 5.93. The molecular formula is C9H11ClF3N. The summed E-state index contributed by atoms with van der Waals surface area (Å²) in [6.07, 6.45) is -4.37. The lowest BCUT2D eigenvalue weighted by Gasteiger charge is -2.17. The molecule has 0 spiro atoms. The average molecular weight is 226 g/mol. The molecule has 0 aromatic heterocycles. The summed E-state index contributed by atoms with van der Waals surface area (Å²) in [6.45, 7) is 1.61. The van der Waals surface area contributed by atoms with Gasteiger partial charge in [-0.3, -0.25) is 0 Å². The second-order valence-electron chi connectivity index (χ2n) is 2.88. The van der Waals surface area contributed by atoms with E-state index in [1.807, 2.05) is 0 Å². The molecule has 80 valence electrons. The van der Waals surface area contributed by atoms with Crippen molar-refractivity contribution in [3.8, 4) is 0 Å². The van der Waals surface area contributed by atoms with E-state index < -0.39 is 12.2 Å². The highest BCUT2D eigenvalue weighted by Crippen LogP contribution is 2.31. The summed E-state index contributed by atoms with van der Waals surface area (Å²) >= 11 is 0. The molecule has 0 saturated heterocycles. The van der Waals surface area contributed by atoms with Gasteiger partial charge in [-0.1, -0.05) is 24.3 Å². The molecule has 0 radical (unpaired) electrons. The van der Waals surface area contributed by atoms with Crippen molar-refractivity contribution in [2.24, 2.45) is 5.73 Å². The van der Waals surface area contributed by atoms with Crippen molar-refractivity contribution in [3.05, 3.63) is 35.4 Å². The average Bonchev–Trinajstić information content (AvgIpc) is 2.02. The van der Waals surface area contributed by atoms with Gasteiger partial charge >= 0.3 is 6.18 Å². The molecule has 0 aliphatic heterocycles. The molecule has 1 atom stereocenters. The number of nitrogens with two attached hydrogens (primary N) is 1. The van der Waals surface area contributed by atoms with Crippen molar-refractivity contribution in [2.75, 3.05) is 0 Å². The molecule has 0 aliphatic rings. The van der Waals surface area contributed by atoms with Crippen LogP contribution in [-0.2, 0) is 0 Å². The molecule has 0 bridgehead atoms. The van der Waals surface area contributed by atoms with E-state index in [1.54, 1.807) is 25.1 Å². The molecule has 1 aromatic carbocycles. The summed E-state index contributed by atoms with van der Waals surface area (Å²) in [5.74, 6) is 0. The molecule has 0 heterocycles. The molecule has 1 unspecified atom stereocenters. The van der Waals surface area contributed by atoms with Crippen LogP contribution >= 0.6 is 12.4 Å². The molecule has 0 amide bonds. The van der Waals surface area contributed by atoms with Gasteiger partial charge in [-0.05, 0) is 18.1 Å². The van der Waals surface area contributed by atoms with Crippen LogP contribution in [0, 0.1) is 6.92 Å². The number of benzene rings is 1. The van der Waals surface area contributed by atoms with Crippen LogP contribution in [0.4, 0.5) is 13.2 Å². The Labute approximate surface area is 86.5 Å². The minimum absolute atomic E-state index is 0. The number of hydrogen-bond donors (Lipinski definition) is 1. The fourth-order valence-electron chi connectivity index (χ4n) is 1.11. The maximum absolute atomic E-state index is 12.2. The fraction of sp³-hybridized carbons (Fsp3) is 0.333. The summed E-state index contributed by atoms with van der Waals surface area (Å²) in [5, 5.41) is 0. The van der Waals surface area contributed by atoms with Crippen molar-refractivity contribution >= 4 is 12.4 Å². The summed E-state index contributed by atoms with van der Waals surface area (Å²) in [5.41, 5.74) is 5.74. The van der Waals surface area contributed by atoms with Crippen molar-refractivity contribution in [2.45, 2.75) is 19.1 Å². The molecule has 14 heavy (non-hydrogen) atoms. The van der Waals surface area contributed by atoms with Crippen molar-refractivity contribution < 1.29 is 13.2 Å². The van der Waals surface area contributed by atoms with Crippen molar-refractivity contribution in [3.63, 3.8) is 0 Å². The first kappa shape index (κ1) is 13.3. The largest absolute Gasteiger partial charge is 0.407 e. The van der Waals surface area contributed by atoms with E-state index in [0.29, 0.717) is 5.56 Å². The van der Waals surface area contributed by atoms with Gasteiger partial charge in [0.15, 0.2) is 0 Å². The van der Waals surface area contributed by atoms with Crippen molar-refractivity contribution in [1.29, 1.82) is 0 Å². The van der Waals surface area contributed by atoms with E-state index in [2.05, 4.69) is 0 Å². The van der Waals surface area contributed by atoms with Gasteiger partial charge < -0.3 is 5.73 Å². The maximum Gasteiger partial charge on any atom is 0.407 e. The summed E-state index contributed by atoms with van der Waals surface area (Å²) in [7, 11) is 0. The first-order valence-corrected chi connectivity index (χ1v) is 3.80. The van der Waals surface area contributed by atoms with Crippen LogP contribution < -0.4 is 5.73 Å². The van der Waals surface area contributed by atoms with Crippen LogP contribution in [0.25, 0.3) is 0 Å². The fourth-order valence-corrected chi connectivity index (χ4v) is 1.11. The maximum atomic E-state index is 12.2. The van der Waals surface area contributed by atoms with Gasteiger partial charge in [-0.15, -0.1) is 12.4 Å². The number of hydrogen-bond acceptors (Lipinski definition) is 1. The standard InChI is InChI=1S/C9H10F3N.ClH/c1-6-4-2-3-5-7(6)8(13)9(10,11)12;/h2-5,8H,13H2,1H3;1H. The van der Waals surface area contributed by atoms with Gasteiger partial charge in [-0.2, -0.15) is 13.2 Å². The van der Waals surface area contributed by atoms with Crippen molar-refractivity contribution in [1.82, 2.24) is 0 Å². The Hall–Kier alpha value is -0.740. The summed E-state index contributed by atoms with van der Waals surface area (Å²) in [6, 6.07) is 4.36. The third-order valence-corrected chi connectivity index (χ3v) is 1.88. The summed E-state index contributed by atoms with van der Waals surface area (Å²) in [4.78, 5) is 0. The SMILES string of the molecule is Cc1ccccc1C(N)C(F)(F)F.Cl. The Kier molecular flexibility index (Phi) is 4.42. The minimum Gasteiger partial charge on any atom is -0.316 e. The summed E-state index contributed by atoms with van der Waals surface area (Å²) < 4.78 is 36.6. The van der Waals surface area contributed by atoms with Crippen LogP contribution in [0.15, 0.2) is 24.3 Å². The zero-order valence-corrected chi connectivity index (χ0v) is 8.32. The Balaban J connectivity index is 0.00000169. The number of rotatable bonds is 1. The van der Waals surface area contributed by atoms with Gasteiger partial charge in [-0.25, -0.2) is 0 Å². The normalized spacial score (nSPS) is 13.2. The van der Waals surface area contributed by atoms with E-state index in [4.69, 9.17) is 5.73 Å². The second-order valence-corrected chi connectivity index (χ2v) is 2.88. The van der Waals surface area contributed by atoms with Crippen LogP contribution in [0.1, 0.15) is 17.2 Å². The van der Waals surface area contributed by atoms with Crippen LogP contribution in [0.2, 0.25) is 0 Å². The lowest BCUT2D eigenvalue weighted by molar-refractivity contribution is -0.149. The third kappa shape index (κ3) is 2.89. The Morgan fingerprint density at radius 1 is 1.21 bits per heavy atom. The Morgan fingerprint density at radius 2 is 1.71 bits per heavy atom. The monoisotopic (exact) mass is 225 g/mol. The number of halogens is 4. The van der Waals surface area contributed by atoms with E-state index in [0.717, 1.165) is 0 Å². The van der Waals surface area contributed by atoms with E-state index in [9.17, 15) is 13.2 Å². The predicted octanol–water partition coefficient (Wildman–Crippen LogP) is 2.98. The molecule has 1 rings (SSSR count). The number of alkyl halides is 3. The molecule has 5 heteroatoms. The molecule has 1 aromatic rings. The van der Waals surface area contributed by atoms with E-state index >= 15 is 0 Å². The zero-order chi connectivity index (χ0) is 10.1. The lowest BCUT2D eigenvalue weighted by Crippen LogP contribution is -2.29. The van der Waals surface area contributed by atoms with Crippen LogP contribution in [0.5, 0.6) is 0 Å². The van der Waals surface area contributed by atoms with Gasteiger partial charge in [0, 0.05) is 0 Å². The Bertz CT molecular complexity index is 298. The smallest absolute Gasteiger partial charge is 0.316 e. The van der Waals surface area contributed by atoms with Gasteiger partial charge in [0.25, 0.3) is 0 Å². The number of aryl methyl sites for hydroxylation is 1. The molecule has 0 fully saturated rings. The highest BCUT2D eigenvalue weighted by Gasteiger charge is 2.38. The third-order valence-electron chi connectivity index (χ3n) is 1.88. The van der Waals surface area contributed by atoms with E-state index in [-0.39, 0.29) is 18.0 Å². The zero-order valence-electron chi connectivity index (χ0n) is 7.51. The molecule has 0 aliphatic carbocycles. The van der Waals surface area contributed by atoms with Crippen LogP contribution in [-0.4, -0.2) is 6.18 Å². The predicted molar refractivity (Wildman–Crippen MR) is 51.4 cm³/mol. The quantitative estimate of drug-likeness (QED) is 0.781. The van der Waals surface area contributed by atoms with Gasteiger partial charge in [0.05, 0.1) is 0 Å². The minimum atomic E-state index is -4.37. The Morgan fingerprint density at radius 3 is 2.14 bits per heavy atom. The second kappa shape index (κ2) is 4.66. The molecule has 1 nitrogen and oxygen atoms in total.